The first-order chi connectivity index (χ1) is 17.5. The van der Waals surface area contributed by atoms with E-state index < -0.39 is 5.91 Å². The highest BCUT2D eigenvalue weighted by molar-refractivity contribution is 5.98. The first kappa shape index (κ1) is 23.9. The Morgan fingerprint density at radius 2 is 1.89 bits per heavy atom. The molecule has 3 heterocycles. The molecule has 186 valence electrons. The fourth-order valence-electron chi connectivity index (χ4n) is 4.76. The predicted molar refractivity (Wildman–Crippen MR) is 138 cm³/mol. The molecular formula is C27H30N6O3. The van der Waals surface area contributed by atoms with Gasteiger partial charge in [-0.2, -0.15) is 5.10 Å². The minimum Gasteiger partial charge on any atom is -0.457 e. The molecule has 1 aliphatic rings. The van der Waals surface area contributed by atoms with Crippen LogP contribution >= 0.6 is 0 Å². The number of aliphatic hydroxyl groups is 1. The van der Waals surface area contributed by atoms with Crippen LogP contribution in [0.1, 0.15) is 25.3 Å². The van der Waals surface area contributed by atoms with E-state index in [0.29, 0.717) is 42.1 Å². The van der Waals surface area contributed by atoms with E-state index in [0.717, 1.165) is 29.9 Å². The van der Waals surface area contributed by atoms with E-state index >= 15 is 0 Å². The van der Waals surface area contributed by atoms with Crippen molar-refractivity contribution in [3.05, 3.63) is 73.6 Å². The van der Waals surface area contributed by atoms with Gasteiger partial charge in [0.05, 0.1) is 11.4 Å². The number of piperidine rings is 1. The first-order valence-corrected chi connectivity index (χ1v) is 12.0. The SMILES string of the molecule is C=CCC(O)(OC)N1CCCC(n2nc(-c3ccc(Oc4ccccc4)cc3)c3c(N)ncnc32)C1. The Balaban J connectivity index is 1.48. The van der Waals surface area contributed by atoms with Gasteiger partial charge in [-0.15, -0.1) is 6.58 Å². The van der Waals surface area contributed by atoms with E-state index in [4.69, 9.17) is 20.3 Å². The van der Waals surface area contributed by atoms with Crippen LogP contribution in [0.3, 0.4) is 0 Å². The third-order valence-corrected chi connectivity index (χ3v) is 6.60. The number of hydrogen-bond acceptors (Lipinski definition) is 8. The molecule has 2 aromatic heterocycles. The molecule has 0 bridgehead atoms. The summed E-state index contributed by atoms with van der Waals surface area (Å²) >= 11 is 0. The van der Waals surface area contributed by atoms with Gasteiger partial charge >= 0.3 is 0 Å². The van der Waals surface area contributed by atoms with Crippen molar-refractivity contribution < 1.29 is 14.6 Å². The predicted octanol–water partition coefficient (Wildman–Crippen LogP) is 4.37. The Morgan fingerprint density at radius 3 is 2.61 bits per heavy atom. The lowest BCUT2D eigenvalue weighted by molar-refractivity contribution is -0.284. The van der Waals surface area contributed by atoms with Crippen LogP contribution < -0.4 is 10.5 Å². The number of methoxy groups -OCH3 is 1. The van der Waals surface area contributed by atoms with Crippen LogP contribution in [0.25, 0.3) is 22.3 Å². The van der Waals surface area contributed by atoms with Gasteiger partial charge in [-0.25, -0.2) is 14.6 Å². The summed E-state index contributed by atoms with van der Waals surface area (Å²) in [7, 11) is 1.51. The number of fused-ring (bicyclic) bond motifs is 1. The van der Waals surface area contributed by atoms with Crippen LogP contribution in [0.5, 0.6) is 11.5 Å². The fourth-order valence-corrected chi connectivity index (χ4v) is 4.76. The number of nitrogen functional groups attached to an aromatic ring is 1. The highest BCUT2D eigenvalue weighted by Crippen LogP contribution is 2.36. The highest BCUT2D eigenvalue weighted by atomic mass is 16.6. The van der Waals surface area contributed by atoms with Crippen LogP contribution in [-0.2, 0) is 4.74 Å². The van der Waals surface area contributed by atoms with E-state index in [-0.39, 0.29) is 6.04 Å². The first-order valence-electron chi connectivity index (χ1n) is 12.0. The van der Waals surface area contributed by atoms with E-state index in [2.05, 4.69) is 16.5 Å². The minimum absolute atomic E-state index is 0.0310. The third-order valence-electron chi connectivity index (χ3n) is 6.60. The molecule has 0 saturated carbocycles. The normalized spacial score (nSPS) is 18.1. The quantitative estimate of drug-likeness (QED) is 0.279. The van der Waals surface area contributed by atoms with E-state index in [9.17, 15) is 5.11 Å². The van der Waals surface area contributed by atoms with Crippen molar-refractivity contribution in [2.75, 3.05) is 25.9 Å². The number of para-hydroxylation sites is 1. The standard InChI is InChI=1S/C27H30N6O3/c1-3-15-27(34,35-2)32-16-7-8-20(17-32)33-26-23(25(28)29-18-30-26)24(31-33)19-11-13-22(14-12-19)36-21-9-5-4-6-10-21/h3-6,9-14,18,20,34H,1,7-8,15-17H2,2H3,(H2,28,29,30). The molecule has 2 unspecified atom stereocenters. The maximum absolute atomic E-state index is 11.0. The van der Waals surface area contributed by atoms with Crippen LogP contribution in [0, 0.1) is 0 Å². The molecule has 1 fully saturated rings. The Labute approximate surface area is 209 Å². The fraction of sp³-hybridized carbons (Fsp3) is 0.296. The molecule has 2 atom stereocenters. The Kier molecular flexibility index (Phi) is 6.69. The third kappa shape index (κ3) is 4.56. The summed E-state index contributed by atoms with van der Waals surface area (Å²) < 4.78 is 13.3. The average Bonchev–Trinajstić information content (AvgIpc) is 3.31. The second kappa shape index (κ2) is 10.1. The second-order valence-electron chi connectivity index (χ2n) is 8.87. The maximum Gasteiger partial charge on any atom is 0.230 e. The van der Waals surface area contributed by atoms with Gasteiger partial charge < -0.3 is 20.3 Å². The van der Waals surface area contributed by atoms with Gasteiger partial charge in [-0.1, -0.05) is 24.3 Å². The number of ether oxygens (including phenoxy) is 2. The van der Waals surface area contributed by atoms with Gasteiger partial charge in [-0.05, 0) is 49.2 Å². The van der Waals surface area contributed by atoms with Crippen molar-refractivity contribution in [1.82, 2.24) is 24.6 Å². The minimum atomic E-state index is -1.41. The molecule has 0 spiro atoms. The topological polar surface area (TPSA) is 112 Å². The number of rotatable bonds is 8. The Hall–Kier alpha value is -3.79. The number of benzene rings is 2. The molecule has 3 N–H and O–H groups in total. The second-order valence-corrected chi connectivity index (χ2v) is 8.87. The van der Waals surface area contributed by atoms with Gasteiger partial charge in [0.1, 0.15) is 29.3 Å². The van der Waals surface area contributed by atoms with Crippen LogP contribution in [0.15, 0.2) is 73.6 Å². The van der Waals surface area contributed by atoms with Crippen molar-refractivity contribution >= 4 is 16.9 Å². The van der Waals surface area contributed by atoms with Crippen molar-refractivity contribution in [1.29, 1.82) is 0 Å². The van der Waals surface area contributed by atoms with E-state index in [1.165, 1.54) is 13.4 Å². The summed E-state index contributed by atoms with van der Waals surface area (Å²) in [6.07, 6.45) is 5.17. The molecule has 0 radical (unpaired) electrons. The van der Waals surface area contributed by atoms with Gasteiger partial charge in [0.15, 0.2) is 5.65 Å². The largest absolute Gasteiger partial charge is 0.457 e. The summed E-state index contributed by atoms with van der Waals surface area (Å²) in [5.41, 5.74) is 8.57. The molecule has 1 saturated heterocycles. The summed E-state index contributed by atoms with van der Waals surface area (Å²) in [5.74, 6) is 0.460. The lowest BCUT2D eigenvalue weighted by atomic mass is 10.0. The number of nitrogens with zero attached hydrogens (tertiary/aromatic N) is 5. The average molecular weight is 487 g/mol. The van der Waals surface area contributed by atoms with Crippen LogP contribution in [-0.4, -0.2) is 55.9 Å². The van der Waals surface area contributed by atoms with Crippen molar-refractivity contribution in [2.24, 2.45) is 0 Å². The molecule has 0 amide bonds. The zero-order valence-corrected chi connectivity index (χ0v) is 20.2. The van der Waals surface area contributed by atoms with Gasteiger partial charge in [0.25, 0.3) is 0 Å². The van der Waals surface area contributed by atoms with Crippen molar-refractivity contribution in [3.8, 4) is 22.8 Å². The summed E-state index contributed by atoms with van der Waals surface area (Å²) in [6, 6.07) is 17.3. The molecule has 1 aliphatic heterocycles. The molecule has 9 heteroatoms. The molecule has 4 aromatic rings. The Morgan fingerprint density at radius 1 is 1.14 bits per heavy atom. The zero-order chi connectivity index (χ0) is 25.1. The van der Waals surface area contributed by atoms with Crippen LogP contribution in [0.2, 0.25) is 0 Å². The lowest BCUT2D eigenvalue weighted by Gasteiger charge is -2.42. The number of anilines is 1. The number of aromatic nitrogens is 4. The van der Waals surface area contributed by atoms with Gasteiger partial charge in [0, 0.05) is 32.2 Å². The molecule has 0 aliphatic carbocycles. The summed E-state index contributed by atoms with van der Waals surface area (Å²) in [5, 5.41) is 16.7. The van der Waals surface area contributed by atoms with Gasteiger partial charge in [-0.3, -0.25) is 4.90 Å². The Bertz CT molecular complexity index is 1340. The number of hydrogen-bond donors (Lipinski definition) is 2. The molecule has 2 aromatic carbocycles. The number of nitrogens with two attached hydrogens (primary N) is 1. The highest BCUT2D eigenvalue weighted by Gasteiger charge is 2.38. The van der Waals surface area contributed by atoms with E-state index in [1.807, 2.05) is 64.2 Å². The zero-order valence-electron chi connectivity index (χ0n) is 20.2. The monoisotopic (exact) mass is 486 g/mol. The molecule has 36 heavy (non-hydrogen) atoms. The smallest absolute Gasteiger partial charge is 0.230 e. The molecule has 5 rings (SSSR count). The molecule has 9 nitrogen and oxygen atoms in total. The maximum atomic E-state index is 11.0. The summed E-state index contributed by atoms with van der Waals surface area (Å²) in [4.78, 5) is 10.7. The lowest BCUT2D eigenvalue weighted by Crippen LogP contribution is -2.54. The van der Waals surface area contributed by atoms with Gasteiger partial charge in [0.2, 0.25) is 5.91 Å². The van der Waals surface area contributed by atoms with Crippen LogP contribution in [0.4, 0.5) is 5.82 Å². The summed E-state index contributed by atoms with van der Waals surface area (Å²) in [6.45, 7) is 5.01. The van der Waals surface area contributed by atoms with Crippen molar-refractivity contribution in [2.45, 2.75) is 31.2 Å². The molecular weight excluding hydrogens is 456 g/mol. The van der Waals surface area contributed by atoms with Crippen molar-refractivity contribution in [3.63, 3.8) is 0 Å². The van der Waals surface area contributed by atoms with E-state index in [1.54, 1.807) is 6.08 Å². The number of likely N-dealkylation sites (tertiary alicyclic amines) is 1.